The van der Waals surface area contributed by atoms with Crippen molar-refractivity contribution in [2.24, 2.45) is 5.73 Å². The highest BCUT2D eigenvalue weighted by Gasteiger charge is 2.21. The van der Waals surface area contributed by atoms with Crippen LogP contribution in [0.2, 0.25) is 0 Å². The lowest BCUT2D eigenvalue weighted by Gasteiger charge is -2.16. The zero-order chi connectivity index (χ0) is 19.4. The number of nitrogens with two attached hydrogens (primary N) is 1. The van der Waals surface area contributed by atoms with E-state index in [0.717, 1.165) is 5.75 Å². The number of thioether (sulfide) groups is 1. The van der Waals surface area contributed by atoms with Gasteiger partial charge in [0.05, 0.1) is 7.11 Å². The summed E-state index contributed by atoms with van der Waals surface area (Å²) in [6.07, 6.45) is 6.11. The monoisotopic (exact) mass is 398 g/mol. The van der Waals surface area contributed by atoms with Crippen LogP contribution in [0.4, 0.5) is 0 Å². The number of carbonyl (C=O) groups is 2. The molecule has 3 N–H and O–H groups in total. The summed E-state index contributed by atoms with van der Waals surface area (Å²) in [7, 11) is 1.31. The Morgan fingerprint density at radius 3 is 2.62 bits per heavy atom. The Hall–Kier alpha value is -1.64. The van der Waals surface area contributed by atoms with Crippen LogP contribution < -0.4 is 15.8 Å². The summed E-state index contributed by atoms with van der Waals surface area (Å²) in [4.78, 5) is 24.1. The third-order valence-corrected chi connectivity index (χ3v) is 4.52. The summed E-state index contributed by atoms with van der Waals surface area (Å²) in [5.41, 5.74) is 6.16. The number of hydrogen-bond acceptors (Lipinski definition) is 7. The molecule has 1 amide bonds. The second-order valence-electron chi connectivity index (χ2n) is 5.44. The molecule has 2 atom stereocenters. The maximum atomic E-state index is 12.3. The Morgan fingerprint density at radius 1 is 1.35 bits per heavy atom. The number of carbonyl (C=O) groups excluding carboxylic acids is 2. The molecule has 1 rings (SSSR count). The quantitative estimate of drug-likeness (QED) is 0.300. The van der Waals surface area contributed by atoms with Gasteiger partial charge in [-0.3, -0.25) is 4.79 Å². The van der Waals surface area contributed by atoms with Crippen LogP contribution >= 0.6 is 24.4 Å². The van der Waals surface area contributed by atoms with Gasteiger partial charge in [0.15, 0.2) is 0 Å². The van der Waals surface area contributed by atoms with E-state index >= 15 is 0 Å². The van der Waals surface area contributed by atoms with Crippen LogP contribution in [0.1, 0.15) is 16.8 Å². The van der Waals surface area contributed by atoms with Gasteiger partial charge in [0.2, 0.25) is 0 Å². The topological polar surface area (TPSA) is 90.6 Å². The maximum absolute atomic E-state index is 12.3. The van der Waals surface area contributed by atoms with E-state index in [9.17, 15) is 9.59 Å². The van der Waals surface area contributed by atoms with E-state index in [2.05, 4.69) is 17.9 Å². The van der Waals surface area contributed by atoms with Crippen molar-refractivity contribution in [1.82, 2.24) is 5.32 Å². The number of hydrogen-bond donors (Lipinski definition) is 3. The molecule has 0 saturated carbocycles. The summed E-state index contributed by atoms with van der Waals surface area (Å²) in [5, 5.41) is 2.71. The molecule has 0 fully saturated rings. The van der Waals surface area contributed by atoms with Crippen molar-refractivity contribution in [3.63, 3.8) is 0 Å². The van der Waals surface area contributed by atoms with Gasteiger partial charge in [0.1, 0.15) is 18.4 Å². The summed E-state index contributed by atoms with van der Waals surface area (Å²) < 4.78 is 10.3. The Labute approximate surface area is 164 Å². The first-order chi connectivity index (χ1) is 12.5. The van der Waals surface area contributed by atoms with Crippen LogP contribution in [0.25, 0.3) is 0 Å². The molecule has 1 aromatic carbocycles. The van der Waals surface area contributed by atoms with E-state index in [1.54, 1.807) is 36.0 Å². The molecular formula is C18H26N2O4S2. The van der Waals surface area contributed by atoms with Crippen LogP contribution in [0, 0.1) is 0 Å². The molecule has 0 bridgehead atoms. The van der Waals surface area contributed by atoms with Crippen LogP contribution in [0.3, 0.4) is 0 Å². The van der Waals surface area contributed by atoms with Gasteiger partial charge in [-0.15, -0.1) is 0 Å². The van der Waals surface area contributed by atoms with Gasteiger partial charge >= 0.3 is 5.97 Å². The van der Waals surface area contributed by atoms with E-state index < -0.39 is 12.0 Å². The average molecular weight is 399 g/mol. The average Bonchev–Trinajstić information content (AvgIpc) is 2.67. The van der Waals surface area contributed by atoms with Gasteiger partial charge in [-0.1, -0.05) is 6.08 Å². The molecule has 0 saturated heterocycles. The van der Waals surface area contributed by atoms with Gasteiger partial charge in [-0.25, -0.2) is 4.79 Å². The van der Waals surface area contributed by atoms with E-state index in [1.807, 2.05) is 18.4 Å². The Morgan fingerprint density at radius 2 is 2.04 bits per heavy atom. The van der Waals surface area contributed by atoms with Gasteiger partial charge in [0.25, 0.3) is 5.91 Å². The predicted octanol–water partition coefficient (Wildman–Crippen LogP) is 1.90. The fourth-order valence-corrected chi connectivity index (χ4v) is 2.60. The normalized spacial score (nSPS) is 13.2. The lowest BCUT2D eigenvalue weighted by Crippen LogP contribution is -2.41. The molecule has 0 heterocycles. The molecule has 0 aliphatic rings. The zero-order valence-corrected chi connectivity index (χ0v) is 16.7. The fraction of sp³-hybridized carbons (Fsp3) is 0.444. The number of ether oxygens (including phenoxy) is 2. The van der Waals surface area contributed by atoms with Gasteiger partial charge in [-0.2, -0.15) is 24.4 Å². The van der Waals surface area contributed by atoms with Crippen molar-refractivity contribution in [1.29, 1.82) is 0 Å². The van der Waals surface area contributed by atoms with Gasteiger partial charge in [0, 0.05) is 17.4 Å². The number of nitrogens with one attached hydrogen (secondary N) is 1. The second kappa shape index (κ2) is 12.7. The number of amides is 1. The minimum absolute atomic E-state index is 0.0955. The molecule has 2 unspecified atom stereocenters. The highest BCUT2D eigenvalue weighted by Crippen LogP contribution is 2.13. The van der Waals surface area contributed by atoms with Crippen molar-refractivity contribution < 1.29 is 19.1 Å². The minimum Gasteiger partial charge on any atom is -0.490 e. The fourth-order valence-electron chi connectivity index (χ4n) is 2.01. The van der Waals surface area contributed by atoms with Crippen molar-refractivity contribution >= 4 is 36.3 Å². The second-order valence-corrected chi connectivity index (χ2v) is 6.79. The summed E-state index contributed by atoms with van der Waals surface area (Å²) in [5.74, 6) is 1.19. The van der Waals surface area contributed by atoms with Crippen LogP contribution in [-0.2, 0) is 9.53 Å². The SMILES string of the molecule is COC(=O)C(CCSC)NC(=O)c1ccc(OCC=CC(N)CS)cc1. The third kappa shape index (κ3) is 8.16. The van der Waals surface area contributed by atoms with Gasteiger partial charge < -0.3 is 20.5 Å². The summed E-state index contributed by atoms with van der Waals surface area (Å²) in [6.45, 7) is 0.381. The number of thiol groups is 1. The summed E-state index contributed by atoms with van der Waals surface area (Å²) >= 11 is 5.70. The molecule has 0 aliphatic heterocycles. The molecule has 8 heteroatoms. The van der Waals surface area contributed by atoms with Crippen molar-refractivity contribution in [2.75, 3.05) is 31.5 Å². The lowest BCUT2D eigenvalue weighted by molar-refractivity contribution is -0.142. The molecular weight excluding hydrogens is 372 g/mol. The van der Waals surface area contributed by atoms with Crippen molar-refractivity contribution in [3.8, 4) is 5.75 Å². The summed E-state index contributed by atoms with van der Waals surface area (Å²) in [6, 6.07) is 5.96. The Bertz CT molecular complexity index is 593. The number of esters is 1. The molecule has 0 spiro atoms. The highest BCUT2D eigenvalue weighted by atomic mass is 32.2. The first-order valence-corrected chi connectivity index (χ1v) is 10.2. The van der Waals surface area contributed by atoms with Gasteiger partial charge in [-0.05, 0) is 48.8 Å². The third-order valence-electron chi connectivity index (χ3n) is 3.46. The Balaban J connectivity index is 2.59. The van der Waals surface area contributed by atoms with E-state index in [-0.39, 0.29) is 11.9 Å². The molecule has 0 aliphatic carbocycles. The molecule has 144 valence electrons. The van der Waals surface area contributed by atoms with E-state index in [0.29, 0.717) is 30.1 Å². The maximum Gasteiger partial charge on any atom is 0.328 e. The van der Waals surface area contributed by atoms with E-state index in [1.165, 1.54) is 7.11 Å². The number of methoxy groups -OCH3 is 1. The Kier molecular flexibility index (Phi) is 10.9. The highest BCUT2D eigenvalue weighted by molar-refractivity contribution is 7.98. The largest absolute Gasteiger partial charge is 0.490 e. The molecule has 0 aromatic heterocycles. The predicted molar refractivity (Wildman–Crippen MR) is 109 cm³/mol. The smallest absolute Gasteiger partial charge is 0.328 e. The van der Waals surface area contributed by atoms with Crippen LogP contribution in [0.15, 0.2) is 36.4 Å². The van der Waals surface area contributed by atoms with Crippen LogP contribution in [0.5, 0.6) is 5.75 Å². The standard InChI is InChI=1S/C18H26N2O4S2/c1-23-18(22)16(9-11-26-2)20-17(21)13-5-7-15(8-6-13)24-10-3-4-14(19)12-25/h3-8,14,16,25H,9-12,19H2,1-2H3,(H,20,21). The zero-order valence-electron chi connectivity index (χ0n) is 15.0. The number of rotatable bonds is 11. The van der Waals surface area contributed by atoms with E-state index in [4.69, 9.17) is 15.2 Å². The molecule has 6 nitrogen and oxygen atoms in total. The van der Waals surface area contributed by atoms with Crippen molar-refractivity contribution in [2.45, 2.75) is 18.5 Å². The first-order valence-electron chi connectivity index (χ1n) is 8.15. The minimum atomic E-state index is -0.656. The number of benzene rings is 1. The van der Waals surface area contributed by atoms with Crippen molar-refractivity contribution in [3.05, 3.63) is 42.0 Å². The molecule has 1 aromatic rings. The van der Waals surface area contributed by atoms with Crippen LogP contribution in [-0.4, -0.2) is 55.4 Å². The lowest BCUT2D eigenvalue weighted by atomic mass is 10.1. The molecule has 26 heavy (non-hydrogen) atoms. The first kappa shape index (κ1) is 22.4. The molecule has 0 radical (unpaired) electrons.